The molecular weight excluding hydrogens is 414 g/mol. The molecule has 28 heavy (non-hydrogen) atoms. The van der Waals surface area contributed by atoms with E-state index in [0.717, 1.165) is 32.1 Å². The van der Waals surface area contributed by atoms with Crippen LogP contribution in [0.2, 0.25) is 0 Å². The van der Waals surface area contributed by atoms with Crippen molar-refractivity contribution >= 4 is 33.0 Å². The fourth-order valence-corrected chi connectivity index (χ4v) is 3.67. The molecule has 1 heterocycles. The van der Waals surface area contributed by atoms with Gasteiger partial charge in [0.15, 0.2) is 0 Å². The van der Waals surface area contributed by atoms with E-state index < -0.39 is 0 Å². The van der Waals surface area contributed by atoms with Crippen molar-refractivity contribution in [3.63, 3.8) is 0 Å². The number of benzene rings is 3. The van der Waals surface area contributed by atoms with Crippen LogP contribution in [0.5, 0.6) is 5.75 Å². The highest BCUT2D eigenvalue weighted by molar-refractivity contribution is 9.10. The highest BCUT2D eigenvalue weighted by Crippen LogP contribution is 2.46. The number of hydrogen-bond donors (Lipinski definition) is 0. The lowest BCUT2D eigenvalue weighted by molar-refractivity contribution is 0.398. The van der Waals surface area contributed by atoms with Crippen molar-refractivity contribution in [2.24, 2.45) is 4.99 Å². The van der Waals surface area contributed by atoms with Gasteiger partial charge in [0.1, 0.15) is 17.4 Å². The van der Waals surface area contributed by atoms with Crippen LogP contribution in [-0.4, -0.2) is 25.3 Å². The van der Waals surface area contributed by atoms with Gasteiger partial charge < -0.3 is 9.64 Å². The van der Waals surface area contributed by atoms with E-state index in [1.165, 1.54) is 0 Å². The first-order valence-corrected chi connectivity index (χ1v) is 9.67. The summed E-state index contributed by atoms with van der Waals surface area (Å²) in [5.74, 6) is 0.865. The largest absolute Gasteiger partial charge is 0.437 e. The Morgan fingerprint density at radius 2 is 1.82 bits per heavy atom. The molecule has 5 heteroatoms. The Hall–Kier alpha value is -3.10. The van der Waals surface area contributed by atoms with E-state index in [1.54, 1.807) is 6.34 Å². The molecule has 0 fully saturated rings. The topological polar surface area (TPSA) is 48.6 Å². The van der Waals surface area contributed by atoms with Crippen molar-refractivity contribution in [2.45, 2.75) is 5.92 Å². The molecule has 3 aromatic rings. The number of ether oxygens (including phenoxy) is 1. The molecule has 0 amide bonds. The van der Waals surface area contributed by atoms with E-state index >= 15 is 0 Å². The number of halogens is 1. The maximum atomic E-state index is 9.97. The van der Waals surface area contributed by atoms with Gasteiger partial charge in [-0.1, -0.05) is 64.5 Å². The third-order valence-corrected chi connectivity index (χ3v) is 5.20. The van der Waals surface area contributed by atoms with Gasteiger partial charge in [0.05, 0.1) is 12.3 Å². The zero-order valence-corrected chi connectivity index (χ0v) is 17.1. The Balaban J connectivity index is 1.99. The van der Waals surface area contributed by atoms with Crippen LogP contribution in [0, 0.1) is 11.3 Å². The minimum Gasteiger partial charge on any atom is -0.437 e. The third kappa shape index (κ3) is 3.28. The molecule has 4 rings (SSSR count). The summed E-state index contributed by atoms with van der Waals surface area (Å²) >= 11 is 3.49. The average Bonchev–Trinajstić information content (AvgIpc) is 2.71. The van der Waals surface area contributed by atoms with Crippen LogP contribution in [0.25, 0.3) is 10.8 Å². The predicted octanol–water partition coefficient (Wildman–Crippen LogP) is 5.45. The SMILES string of the molecule is CN(C)C=NC1=C(C#N)[C@@H](c2ccc(Br)cc2)c2ccc3ccccc3c2O1. The summed E-state index contributed by atoms with van der Waals surface area (Å²) in [6, 6.07) is 22.6. The zero-order chi connectivity index (χ0) is 19.7. The number of nitriles is 1. The van der Waals surface area contributed by atoms with E-state index in [1.807, 2.05) is 67.5 Å². The summed E-state index contributed by atoms with van der Waals surface area (Å²) in [5, 5.41) is 12.1. The molecule has 0 saturated carbocycles. The molecule has 1 atom stereocenters. The molecule has 1 aliphatic rings. The Labute approximate surface area is 172 Å². The van der Waals surface area contributed by atoms with Crippen molar-refractivity contribution < 1.29 is 4.74 Å². The molecular formula is C23H18BrN3O. The van der Waals surface area contributed by atoms with Crippen LogP contribution in [0.1, 0.15) is 17.0 Å². The minimum absolute atomic E-state index is 0.235. The Bertz CT molecular complexity index is 1140. The molecule has 138 valence electrons. The van der Waals surface area contributed by atoms with Crippen LogP contribution in [0.15, 0.2) is 81.6 Å². The maximum absolute atomic E-state index is 9.97. The van der Waals surface area contributed by atoms with E-state index in [9.17, 15) is 5.26 Å². The number of fused-ring (bicyclic) bond motifs is 3. The van der Waals surface area contributed by atoms with Gasteiger partial charge in [0.25, 0.3) is 0 Å². The van der Waals surface area contributed by atoms with Crippen molar-refractivity contribution in [2.75, 3.05) is 14.1 Å². The minimum atomic E-state index is -0.235. The average molecular weight is 432 g/mol. The second kappa shape index (κ2) is 7.49. The Morgan fingerprint density at radius 3 is 2.54 bits per heavy atom. The van der Waals surface area contributed by atoms with Gasteiger partial charge in [-0.15, -0.1) is 0 Å². The lowest BCUT2D eigenvalue weighted by atomic mass is 9.82. The summed E-state index contributed by atoms with van der Waals surface area (Å²) in [5.41, 5.74) is 2.50. The number of nitrogens with zero attached hydrogens (tertiary/aromatic N) is 3. The van der Waals surface area contributed by atoms with Crippen LogP contribution in [0.4, 0.5) is 0 Å². The molecule has 0 radical (unpaired) electrons. The lowest BCUT2D eigenvalue weighted by Gasteiger charge is -2.27. The molecule has 3 aromatic carbocycles. The Kier molecular flexibility index (Phi) is 4.89. The lowest BCUT2D eigenvalue weighted by Crippen LogP contribution is -2.17. The number of rotatable bonds is 3. The monoisotopic (exact) mass is 431 g/mol. The first-order valence-electron chi connectivity index (χ1n) is 8.88. The number of allylic oxidation sites excluding steroid dienone is 1. The maximum Gasteiger partial charge on any atom is 0.235 e. The second-order valence-electron chi connectivity index (χ2n) is 6.83. The van der Waals surface area contributed by atoms with E-state index in [2.05, 4.69) is 39.1 Å². The first-order chi connectivity index (χ1) is 13.6. The van der Waals surface area contributed by atoms with Crippen molar-refractivity contribution in [3.8, 4) is 11.8 Å². The highest BCUT2D eigenvalue weighted by Gasteiger charge is 2.32. The Morgan fingerprint density at radius 1 is 1.07 bits per heavy atom. The zero-order valence-electron chi connectivity index (χ0n) is 15.6. The van der Waals surface area contributed by atoms with E-state index in [-0.39, 0.29) is 5.92 Å². The summed E-state index contributed by atoms with van der Waals surface area (Å²) in [4.78, 5) is 6.28. The van der Waals surface area contributed by atoms with Gasteiger partial charge in [-0.25, -0.2) is 4.99 Å². The van der Waals surface area contributed by atoms with Gasteiger partial charge in [0.2, 0.25) is 5.88 Å². The molecule has 1 aliphatic heterocycles. The third-order valence-electron chi connectivity index (χ3n) is 4.67. The van der Waals surface area contributed by atoms with Crippen LogP contribution < -0.4 is 4.74 Å². The van der Waals surface area contributed by atoms with Gasteiger partial charge >= 0.3 is 0 Å². The first kappa shape index (κ1) is 18.3. The second-order valence-corrected chi connectivity index (χ2v) is 7.75. The number of hydrogen-bond acceptors (Lipinski definition) is 3. The molecule has 0 aromatic heterocycles. The molecule has 4 nitrogen and oxygen atoms in total. The van der Waals surface area contributed by atoms with Crippen LogP contribution in [-0.2, 0) is 0 Å². The van der Waals surface area contributed by atoms with E-state index in [0.29, 0.717) is 11.5 Å². The molecule has 0 aliphatic carbocycles. The molecule has 0 bridgehead atoms. The molecule has 0 unspecified atom stereocenters. The van der Waals surface area contributed by atoms with Gasteiger partial charge in [0, 0.05) is 29.5 Å². The smallest absolute Gasteiger partial charge is 0.235 e. The predicted molar refractivity (Wildman–Crippen MR) is 115 cm³/mol. The van der Waals surface area contributed by atoms with Crippen LogP contribution in [0.3, 0.4) is 0 Å². The molecule has 0 saturated heterocycles. The van der Waals surface area contributed by atoms with E-state index in [4.69, 9.17) is 4.74 Å². The van der Waals surface area contributed by atoms with Gasteiger partial charge in [-0.2, -0.15) is 5.26 Å². The normalized spacial score (nSPS) is 16.0. The molecule has 0 N–H and O–H groups in total. The van der Waals surface area contributed by atoms with Gasteiger partial charge in [-0.3, -0.25) is 0 Å². The molecule has 0 spiro atoms. The van der Waals surface area contributed by atoms with Crippen molar-refractivity contribution in [1.29, 1.82) is 5.26 Å². The van der Waals surface area contributed by atoms with Crippen molar-refractivity contribution in [1.82, 2.24) is 4.90 Å². The number of aliphatic imine (C=N–C) groups is 1. The fourth-order valence-electron chi connectivity index (χ4n) is 3.41. The standard InChI is InChI=1S/C23H18BrN3O/c1-27(2)14-26-23-20(13-25)21(16-7-10-17(24)11-8-16)19-12-9-15-5-3-4-6-18(15)22(19)28-23/h3-12,14,21H,1-2H3/t21-/m0/s1. The summed E-state index contributed by atoms with van der Waals surface area (Å²) in [6.07, 6.45) is 1.65. The summed E-state index contributed by atoms with van der Waals surface area (Å²) in [7, 11) is 3.77. The van der Waals surface area contributed by atoms with Crippen molar-refractivity contribution in [3.05, 3.63) is 87.7 Å². The summed E-state index contributed by atoms with van der Waals surface area (Å²) < 4.78 is 7.19. The quantitative estimate of drug-likeness (QED) is 0.409. The van der Waals surface area contributed by atoms with Crippen LogP contribution >= 0.6 is 15.9 Å². The van der Waals surface area contributed by atoms with Gasteiger partial charge in [-0.05, 0) is 23.1 Å². The fraction of sp³-hybridized carbons (Fsp3) is 0.130. The summed E-state index contributed by atoms with van der Waals surface area (Å²) in [6.45, 7) is 0. The highest BCUT2D eigenvalue weighted by atomic mass is 79.9.